The van der Waals surface area contributed by atoms with Crippen LogP contribution in [-0.2, 0) is 0 Å². The molecule has 0 aliphatic heterocycles. The van der Waals surface area contributed by atoms with Gasteiger partial charge in [-0.2, -0.15) is 13.2 Å². The number of allylic oxidation sites excluding steroid dienone is 1. The van der Waals surface area contributed by atoms with Gasteiger partial charge < -0.3 is 0 Å². The molecule has 0 saturated carbocycles. The lowest BCUT2D eigenvalue weighted by molar-refractivity contribution is -0.0603. The molecule has 1 nitrogen and oxygen atoms in total. The van der Waals surface area contributed by atoms with E-state index < -0.39 is 17.9 Å². The van der Waals surface area contributed by atoms with Crippen LogP contribution in [0.25, 0.3) is 0 Å². The van der Waals surface area contributed by atoms with Gasteiger partial charge in [0.25, 0.3) is 0 Å². The Kier molecular flexibility index (Phi) is 4.49. The summed E-state index contributed by atoms with van der Waals surface area (Å²) >= 11 is 0. The van der Waals surface area contributed by atoms with Crippen LogP contribution in [0.1, 0.15) is 24.9 Å². The van der Waals surface area contributed by atoms with Gasteiger partial charge in [0.15, 0.2) is 0 Å². The van der Waals surface area contributed by atoms with Crippen molar-refractivity contribution in [1.82, 2.24) is 0 Å². The molecule has 0 aliphatic carbocycles. The quantitative estimate of drug-likeness (QED) is 0.549. The summed E-state index contributed by atoms with van der Waals surface area (Å²) in [6.45, 7) is 4.96. The van der Waals surface area contributed by atoms with E-state index >= 15 is 0 Å². The van der Waals surface area contributed by atoms with E-state index in [1.54, 1.807) is 31.2 Å². The number of hydrogen-bond donors (Lipinski definition) is 0. The maximum absolute atomic E-state index is 12.6. The second-order valence-electron chi connectivity index (χ2n) is 3.65. The van der Waals surface area contributed by atoms with Crippen LogP contribution in [0.5, 0.6) is 0 Å². The average molecular weight is 241 g/mol. The fraction of sp³-hybridized carbons (Fsp3) is 0.308. The Bertz CT molecular complexity index is 393. The van der Waals surface area contributed by atoms with Gasteiger partial charge in [-0.15, -0.1) is 6.58 Å². The molecule has 0 bridgehead atoms. The Labute approximate surface area is 98.7 Å². The maximum Gasteiger partial charge on any atom is 0.429 e. The molecular weight excluding hydrogens is 227 g/mol. The lowest BCUT2D eigenvalue weighted by Crippen LogP contribution is -2.23. The fourth-order valence-corrected chi connectivity index (χ4v) is 1.42. The third-order valence-corrected chi connectivity index (χ3v) is 2.30. The summed E-state index contributed by atoms with van der Waals surface area (Å²) < 4.78 is 37.8. The molecule has 1 aromatic rings. The second kappa shape index (κ2) is 5.66. The number of aliphatic imine (C=N–C) groups is 1. The van der Waals surface area contributed by atoms with Crippen LogP contribution in [0.2, 0.25) is 0 Å². The molecule has 0 amide bonds. The van der Waals surface area contributed by atoms with Crippen molar-refractivity contribution < 1.29 is 13.2 Å². The van der Waals surface area contributed by atoms with E-state index in [0.29, 0.717) is 0 Å². The molecule has 0 aliphatic rings. The summed E-state index contributed by atoms with van der Waals surface area (Å²) in [5, 5.41) is 0. The molecule has 1 aromatic carbocycles. The SMILES string of the molecule is C=CC/C(=N\[C@@H](C)c1ccccc1)C(F)(F)F. The van der Waals surface area contributed by atoms with Crippen molar-refractivity contribution in [3.05, 3.63) is 48.6 Å². The van der Waals surface area contributed by atoms with Crippen molar-refractivity contribution in [3.8, 4) is 0 Å². The highest BCUT2D eigenvalue weighted by Gasteiger charge is 2.34. The van der Waals surface area contributed by atoms with Gasteiger partial charge >= 0.3 is 6.18 Å². The number of hydrogen-bond acceptors (Lipinski definition) is 1. The fourth-order valence-electron chi connectivity index (χ4n) is 1.42. The zero-order chi connectivity index (χ0) is 12.9. The summed E-state index contributed by atoms with van der Waals surface area (Å²) in [6.07, 6.45) is -3.44. The Morgan fingerprint density at radius 3 is 2.41 bits per heavy atom. The Balaban J connectivity index is 2.95. The van der Waals surface area contributed by atoms with Crippen LogP contribution in [0.15, 0.2) is 48.0 Å². The number of benzene rings is 1. The van der Waals surface area contributed by atoms with E-state index in [0.717, 1.165) is 5.56 Å². The van der Waals surface area contributed by atoms with Crippen molar-refractivity contribution in [2.75, 3.05) is 0 Å². The first-order chi connectivity index (χ1) is 7.95. The largest absolute Gasteiger partial charge is 0.429 e. The number of alkyl halides is 3. The summed E-state index contributed by atoms with van der Waals surface area (Å²) in [5.41, 5.74) is -0.0258. The minimum absolute atomic E-state index is 0.263. The Morgan fingerprint density at radius 2 is 1.94 bits per heavy atom. The molecule has 0 saturated heterocycles. The highest BCUT2D eigenvalue weighted by molar-refractivity contribution is 5.91. The maximum atomic E-state index is 12.6. The molecule has 0 unspecified atom stereocenters. The topological polar surface area (TPSA) is 12.4 Å². The molecule has 0 N–H and O–H groups in total. The van der Waals surface area contributed by atoms with Gasteiger partial charge in [0.1, 0.15) is 5.71 Å². The summed E-state index contributed by atoms with van der Waals surface area (Å²) in [6, 6.07) is 8.39. The van der Waals surface area contributed by atoms with Crippen LogP contribution in [-0.4, -0.2) is 11.9 Å². The highest BCUT2D eigenvalue weighted by Crippen LogP contribution is 2.24. The monoisotopic (exact) mass is 241 g/mol. The number of halogens is 3. The van der Waals surface area contributed by atoms with E-state index in [-0.39, 0.29) is 6.42 Å². The Morgan fingerprint density at radius 1 is 1.35 bits per heavy atom. The van der Waals surface area contributed by atoms with Gasteiger partial charge in [0.05, 0.1) is 6.04 Å². The van der Waals surface area contributed by atoms with E-state index in [9.17, 15) is 13.2 Å². The van der Waals surface area contributed by atoms with E-state index in [4.69, 9.17) is 0 Å². The molecule has 1 atom stereocenters. The smallest absolute Gasteiger partial charge is 0.277 e. The van der Waals surface area contributed by atoms with E-state index in [1.807, 2.05) is 6.07 Å². The number of rotatable bonds is 4. The van der Waals surface area contributed by atoms with E-state index in [2.05, 4.69) is 11.6 Å². The van der Waals surface area contributed by atoms with Crippen LogP contribution in [0.4, 0.5) is 13.2 Å². The average Bonchev–Trinajstić information content (AvgIpc) is 2.28. The third-order valence-electron chi connectivity index (χ3n) is 2.30. The summed E-state index contributed by atoms with van der Waals surface area (Å²) in [5.74, 6) is 0. The lowest BCUT2D eigenvalue weighted by atomic mass is 10.1. The molecule has 4 heteroatoms. The normalized spacial score (nSPS) is 14.5. The molecule has 1 rings (SSSR count). The summed E-state index contributed by atoms with van der Waals surface area (Å²) in [4.78, 5) is 3.73. The van der Waals surface area contributed by atoms with Crippen molar-refractivity contribution in [1.29, 1.82) is 0 Å². The second-order valence-corrected chi connectivity index (χ2v) is 3.65. The molecule has 0 heterocycles. The van der Waals surface area contributed by atoms with Gasteiger partial charge in [0, 0.05) is 6.42 Å². The first kappa shape index (κ1) is 13.5. The van der Waals surface area contributed by atoms with E-state index in [1.165, 1.54) is 6.08 Å². The van der Waals surface area contributed by atoms with Gasteiger partial charge in [-0.05, 0) is 12.5 Å². The molecule has 92 valence electrons. The third kappa shape index (κ3) is 4.06. The minimum atomic E-state index is -4.39. The molecular formula is C13H14F3N. The van der Waals surface area contributed by atoms with Gasteiger partial charge in [-0.1, -0.05) is 36.4 Å². The minimum Gasteiger partial charge on any atom is -0.277 e. The van der Waals surface area contributed by atoms with Crippen LogP contribution >= 0.6 is 0 Å². The molecule has 0 spiro atoms. The first-order valence-corrected chi connectivity index (χ1v) is 5.25. The van der Waals surface area contributed by atoms with Crippen molar-refractivity contribution in [3.63, 3.8) is 0 Å². The van der Waals surface area contributed by atoms with Crippen LogP contribution in [0, 0.1) is 0 Å². The zero-order valence-corrected chi connectivity index (χ0v) is 9.54. The zero-order valence-electron chi connectivity index (χ0n) is 9.54. The van der Waals surface area contributed by atoms with Crippen LogP contribution < -0.4 is 0 Å². The standard InChI is InChI=1S/C13H14F3N/c1-3-7-12(13(14,15)16)17-10(2)11-8-5-4-6-9-11/h3-6,8-10H,1,7H2,2H3/b17-12+/t10-/m0/s1. The predicted molar refractivity (Wildman–Crippen MR) is 63.2 cm³/mol. The van der Waals surface area contributed by atoms with Crippen molar-refractivity contribution in [2.24, 2.45) is 4.99 Å². The Hall–Kier alpha value is -1.58. The highest BCUT2D eigenvalue weighted by atomic mass is 19.4. The van der Waals surface area contributed by atoms with Gasteiger partial charge in [-0.3, -0.25) is 4.99 Å². The number of nitrogens with zero attached hydrogens (tertiary/aromatic N) is 1. The molecule has 0 fully saturated rings. The molecule has 0 radical (unpaired) electrons. The van der Waals surface area contributed by atoms with Crippen molar-refractivity contribution in [2.45, 2.75) is 25.6 Å². The van der Waals surface area contributed by atoms with Crippen LogP contribution in [0.3, 0.4) is 0 Å². The lowest BCUT2D eigenvalue weighted by Gasteiger charge is -2.13. The predicted octanol–water partition coefficient (Wildman–Crippen LogP) is 4.33. The molecule has 17 heavy (non-hydrogen) atoms. The van der Waals surface area contributed by atoms with Gasteiger partial charge in [-0.25, -0.2) is 0 Å². The van der Waals surface area contributed by atoms with Crippen molar-refractivity contribution >= 4 is 5.71 Å². The first-order valence-electron chi connectivity index (χ1n) is 5.25. The van der Waals surface area contributed by atoms with Gasteiger partial charge in [0.2, 0.25) is 0 Å². The molecule has 0 aromatic heterocycles. The summed E-state index contributed by atoms with van der Waals surface area (Å²) in [7, 11) is 0.